The van der Waals surface area contributed by atoms with Crippen molar-refractivity contribution in [3.05, 3.63) is 41.7 Å². The highest BCUT2D eigenvalue weighted by Gasteiger charge is 2.31. The van der Waals surface area contributed by atoms with E-state index in [-0.39, 0.29) is 11.1 Å². The summed E-state index contributed by atoms with van der Waals surface area (Å²) in [6, 6.07) is 3.12. The monoisotopic (exact) mass is 294 g/mol. The Labute approximate surface area is 119 Å². The normalized spacial score (nSPS) is 15.2. The van der Waals surface area contributed by atoms with Gasteiger partial charge < -0.3 is 0 Å². The Morgan fingerprint density at radius 1 is 1.33 bits per heavy atom. The van der Waals surface area contributed by atoms with Gasteiger partial charge in [-0.25, -0.2) is 0 Å². The van der Waals surface area contributed by atoms with Gasteiger partial charge in [0.05, 0.1) is 11.8 Å². The van der Waals surface area contributed by atoms with Gasteiger partial charge in [-0.15, -0.1) is 0 Å². The molecule has 1 fully saturated rings. The molecule has 1 saturated carbocycles. The molecule has 0 unspecified atom stereocenters. The predicted molar refractivity (Wildman–Crippen MR) is 70.8 cm³/mol. The second kappa shape index (κ2) is 5.02. The van der Waals surface area contributed by atoms with E-state index in [1.165, 1.54) is 25.1 Å². The zero-order chi connectivity index (χ0) is 15.0. The maximum Gasteiger partial charge on any atom is 0.416 e. The fourth-order valence-corrected chi connectivity index (χ4v) is 2.25. The Hall–Kier alpha value is -2.11. The van der Waals surface area contributed by atoms with Gasteiger partial charge in [-0.05, 0) is 36.5 Å². The summed E-state index contributed by atoms with van der Waals surface area (Å²) >= 11 is 0. The SMILES string of the molecule is O=Cc1ccc(C(F)(F)F)cc1-c1cnn(CC2CC2)c1. The molecule has 21 heavy (non-hydrogen) atoms. The first-order valence-corrected chi connectivity index (χ1v) is 6.66. The minimum atomic E-state index is -4.43. The topological polar surface area (TPSA) is 34.9 Å². The van der Waals surface area contributed by atoms with Crippen molar-refractivity contribution >= 4 is 6.29 Å². The third kappa shape index (κ3) is 2.99. The van der Waals surface area contributed by atoms with Crippen molar-refractivity contribution in [1.29, 1.82) is 0 Å². The summed E-state index contributed by atoms with van der Waals surface area (Å²) < 4.78 is 40.1. The van der Waals surface area contributed by atoms with Crippen LogP contribution in [-0.4, -0.2) is 16.1 Å². The van der Waals surface area contributed by atoms with Crippen LogP contribution in [0.15, 0.2) is 30.6 Å². The molecule has 110 valence electrons. The van der Waals surface area contributed by atoms with Crippen LogP contribution in [0.3, 0.4) is 0 Å². The van der Waals surface area contributed by atoms with E-state index in [1.54, 1.807) is 10.9 Å². The number of halogens is 3. The Bertz CT molecular complexity index is 672. The summed E-state index contributed by atoms with van der Waals surface area (Å²) in [5.41, 5.74) is 0.262. The largest absolute Gasteiger partial charge is 0.416 e. The number of benzene rings is 1. The van der Waals surface area contributed by atoms with Crippen LogP contribution in [0.5, 0.6) is 0 Å². The summed E-state index contributed by atoms with van der Waals surface area (Å²) in [5, 5.41) is 4.16. The van der Waals surface area contributed by atoms with Gasteiger partial charge in [-0.2, -0.15) is 18.3 Å². The van der Waals surface area contributed by atoms with Gasteiger partial charge in [-0.3, -0.25) is 9.48 Å². The smallest absolute Gasteiger partial charge is 0.298 e. The number of hydrogen-bond acceptors (Lipinski definition) is 2. The molecule has 1 aromatic carbocycles. The van der Waals surface area contributed by atoms with E-state index in [0.29, 0.717) is 17.8 Å². The number of carbonyl (C=O) groups excluding carboxylic acids is 1. The Morgan fingerprint density at radius 3 is 2.71 bits per heavy atom. The third-order valence-corrected chi connectivity index (χ3v) is 3.59. The molecule has 1 aromatic heterocycles. The van der Waals surface area contributed by atoms with Gasteiger partial charge in [0.1, 0.15) is 0 Å². The van der Waals surface area contributed by atoms with E-state index < -0.39 is 11.7 Å². The molecule has 6 heteroatoms. The standard InChI is InChI=1S/C15H13F3N2O/c16-15(17,18)13-4-3-11(9-21)14(5-13)12-6-19-20(8-12)7-10-1-2-10/h3-6,8-10H,1-2,7H2. The molecule has 0 saturated heterocycles. The highest BCUT2D eigenvalue weighted by molar-refractivity contribution is 5.87. The quantitative estimate of drug-likeness (QED) is 0.804. The highest BCUT2D eigenvalue weighted by atomic mass is 19.4. The highest BCUT2D eigenvalue weighted by Crippen LogP contribution is 2.34. The molecule has 3 rings (SSSR count). The van der Waals surface area contributed by atoms with Crippen LogP contribution in [0, 0.1) is 5.92 Å². The summed E-state index contributed by atoms with van der Waals surface area (Å²) in [6.45, 7) is 0.773. The number of alkyl halides is 3. The van der Waals surface area contributed by atoms with E-state index in [4.69, 9.17) is 0 Å². The zero-order valence-corrected chi connectivity index (χ0v) is 11.1. The molecule has 1 aliphatic rings. The number of aldehydes is 1. The summed E-state index contributed by atoms with van der Waals surface area (Å²) in [4.78, 5) is 11.0. The minimum absolute atomic E-state index is 0.231. The Kier molecular flexibility index (Phi) is 3.31. The van der Waals surface area contributed by atoms with E-state index in [9.17, 15) is 18.0 Å². The van der Waals surface area contributed by atoms with Crippen molar-refractivity contribution in [2.24, 2.45) is 5.92 Å². The van der Waals surface area contributed by atoms with Crippen LogP contribution in [0.1, 0.15) is 28.8 Å². The van der Waals surface area contributed by atoms with E-state index in [2.05, 4.69) is 5.10 Å². The minimum Gasteiger partial charge on any atom is -0.298 e. The second-order valence-corrected chi connectivity index (χ2v) is 5.31. The van der Waals surface area contributed by atoms with E-state index in [1.807, 2.05) is 0 Å². The van der Waals surface area contributed by atoms with Gasteiger partial charge in [0, 0.05) is 23.9 Å². The summed E-state index contributed by atoms with van der Waals surface area (Å²) in [5.74, 6) is 0.616. The predicted octanol–water partition coefficient (Wildman–Crippen LogP) is 3.79. The fourth-order valence-electron chi connectivity index (χ4n) is 2.25. The van der Waals surface area contributed by atoms with Crippen LogP contribution >= 0.6 is 0 Å². The molecule has 3 nitrogen and oxygen atoms in total. The molecule has 1 heterocycles. The van der Waals surface area contributed by atoms with Crippen molar-refractivity contribution in [1.82, 2.24) is 9.78 Å². The number of carbonyl (C=O) groups is 1. The van der Waals surface area contributed by atoms with Crippen LogP contribution in [0.2, 0.25) is 0 Å². The lowest BCUT2D eigenvalue weighted by Crippen LogP contribution is -2.05. The zero-order valence-electron chi connectivity index (χ0n) is 11.1. The van der Waals surface area contributed by atoms with Crippen LogP contribution in [-0.2, 0) is 12.7 Å². The molecule has 2 aromatic rings. The third-order valence-electron chi connectivity index (χ3n) is 3.59. The average molecular weight is 294 g/mol. The lowest BCUT2D eigenvalue weighted by Gasteiger charge is -2.09. The van der Waals surface area contributed by atoms with Crippen LogP contribution in [0.25, 0.3) is 11.1 Å². The van der Waals surface area contributed by atoms with E-state index in [0.717, 1.165) is 18.7 Å². The molecule has 0 atom stereocenters. The molecular formula is C15H13F3N2O. The lowest BCUT2D eigenvalue weighted by molar-refractivity contribution is -0.137. The molecule has 0 N–H and O–H groups in total. The van der Waals surface area contributed by atoms with Crippen molar-refractivity contribution < 1.29 is 18.0 Å². The van der Waals surface area contributed by atoms with Gasteiger partial charge in [0.2, 0.25) is 0 Å². The fraction of sp³-hybridized carbons (Fsp3) is 0.333. The van der Waals surface area contributed by atoms with Crippen LogP contribution < -0.4 is 0 Å². The molecule has 0 amide bonds. The number of hydrogen-bond donors (Lipinski definition) is 0. The molecular weight excluding hydrogens is 281 g/mol. The van der Waals surface area contributed by atoms with Gasteiger partial charge in [-0.1, -0.05) is 6.07 Å². The van der Waals surface area contributed by atoms with E-state index >= 15 is 0 Å². The van der Waals surface area contributed by atoms with Crippen LogP contribution in [0.4, 0.5) is 13.2 Å². The van der Waals surface area contributed by atoms with Crippen molar-refractivity contribution in [3.63, 3.8) is 0 Å². The molecule has 0 aliphatic heterocycles. The first kappa shape index (κ1) is 13.9. The summed E-state index contributed by atoms with van der Waals surface area (Å²) in [6.07, 6.45) is 1.66. The molecule has 0 spiro atoms. The first-order valence-electron chi connectivity index (χ1n) is 6.66. The number of aromatic nitrogens is 2. The summed E-state index contributed by atoms with van der Waals surface area (Å²) in [7, 11) is 0. The van der Waals surface area contributed by atoms with Crippen molar-refractivity contribution in [2.45, 2.75) is 25.6 Å². The van der Waals surface area contributed by atoms with Crippen molar-refractivity contribution in [3.8, 4) is 11.1 Å². The molecule has 0 radical (unpaired) electrons. The molecule has 1 aliphatic carbocycles. The molecule has 0 bridgehead atoms. The Morgan fingerprint density at radius 2 is 2.10 bits per heavy atom. The van der Waals surface area contributed by atoms with Gasteiger partial charge in [0.25, 0.3) is 0 Å². The number of rotatable bonds is 4. The lowest BCUT2D eigenvalue weighted by atomic mass is 10.00. The van der Waals surface area contributed by atoms with Gasteiger partial charge >= 0.3 is 6.18 Å². The average Bonchev–Trinajstić information content (AvgIpc) is 3.13. The van der Waals surface area contributed by atoms with Crippen molar-refractivity contribution in [2.75, 3.05) is 0 Å². The number of nitrogens with zero attached hydrogens (tertiary/aromatic N) is 2. The first-order chi connectivity index (χ1) is 9.97. The van der Waals surface area contributed by atoms with Gasteiger partial charge in [0.15, 0.2) is 6.29 Å². The Balaban J connectivity index is 1.98. The maximum atomic E-state index is 12.8. The maximum absolute atomic E-state index is 12.8. The second-order valence-electron chi connectivity index (χ2n) is 5.31.